The average Bonchev–Trinajstić information content (AvgIpc) is 0.891. The van der Waals surface area contributed by atoms with E-state index in [4.69, 9.17) is 25.5 Å². The van der Waals surface area contributed by atoms with Crippen LogP contribution in [0, 0.1) is 0 Å². The Morgan fingerprint density at radius 1 is 0.242 bits per heavy atom. The van der Waals surface area contributed by atoms with Gasteiger partial charge in [-0.1, -0.05) is 228 Å². The Morgan fingerprint density at radius 3 is 0.565 bits per heavy atom. The van der Waals surface area contributed by atoms with Gasteiger partial charge < -0.3 is 68.7 Å². The zero-order valence-corrected chi connectivity index (χ0v) is 76.5. The van der Waals surface area contributed by atoms with Gasteiger partial charge in [0.05, 0.1) is 113 Å². The third-order valence-corrected chi connectivity index (χ3v) is 24.7. The highest BCUT2D eigenvalue weighted by molar-refractivity contribution is 8.00. The Bertz CT molecular complexity index is 4010. The maximum Gasteiger partial charge on any atom is 0.335 e. The Labute approximate surface area is 750 Å². The molecule has 0 amide bonds. The summed E-state index contributed by atoms with van der Waals surface area (Å²) in [4.78, 5) is 92.4. The van der Waals surface area contributed by atoms with E-state index in [-0.39, 0.29) is 44.5 Å². The topological polar surface area (TPSA) is 307 Å². The second kappa shape index (κ2) is 58.4. The van der Waals surface area contributed by atoms with Crippen molar-refractivity contribution in [1.82, 2.24) is 0 Å². The molecule has 5 N–H and O–H groups in total. The van der Waals surface area contributed by atoms with Crippen molar-refractivity contribution in [2.45, 2.75) is 191 Å². The van der Waals surface area contributed by atoms with Gasteiger partial charge in [0.2, 0.25) is 0 Å². The van der Waals surface area contributed by atoms with Gasteiger partial charge in [0, 0.05) is 50.3 Å². The summed E-state index contributed by atoms with van der Waals surface area (Å²) < 4.78 is 3.52. The van der Waals surface area contributed by atoms with Crippen LogP contribution in [0.1, 0.15) is 232 Å². The average molecular weight is 1760 g/mol. The fraction of sp³-hybridized carbons (Fsp3) is 0.327. The van der Waals surface area contributed by atoms with Gasteiger partial charge in [-0.25, -0.2) is 24.0 Å². The van der Waals surface area contributed by atoms with E-state index in [0.29, 0.717) is 0 Å². The zero-order valence-electron chi connectivity index (χ0n) is 73.2. The fourth-order valence-electron chi connectivity index (χ4n) is 12.6. The number of aromatic carboxylic acids is 8. The van der Waals surface area contributed by atoms with E-state index in [1.165, 1.54) is 313 Å². The van der Waals surface area contributed by atoms with E-state index >= 15 is 0 Å². The summed E-state index contributed by atoms with van der Waals surface area (Å²) in [7, 11) is 6.88. The summed E-state index contributed by atoms with van der Waals surface area (Å²) in [6, 6.07) is 73.0. The molecule has 10 rings (SSSR count). The molecular formula is C101H123N3O16S4. The van der Waals surface area contributed by atoms with Gasteiger partial charge in [0.1, 0.15) is 13.1 Å². The molecule has 0 unspecified atom stereocenters. The lowest BCUT2D eigenvalue weighted by Crippen LogP contribution is -2.46. The number of quaternary nitrogens is 3. The molecule has 0 aliphatic rings. The molecule has 0 saturated heterocycles. The Balaban J connectivity index is 0.000000305. The molecule has 0 spiro atoms. The summed E-state index contributed by atoms with van der Waals surface area (Å²) in [6.07, 6.45) is 20.4. The minimum atomic E-state index is -1.21. The summed E-state index contributed by atoms with van der Waals surface area (Å²) >= 11 is 5.71. The van der Waals surface area contributed by atoms with Crippen LogP contribution >= 0.6 is 47.0 Å². The number of carbonyl (C=O) groups excluding carboxylic acids is 3. The van der Waals surface area contributed by atoms with Crippen molar-refractivity contribution in [2.75, 3.05) is 67.0 Å². The van der Waals surface area contributed by atoms with Crippen molar-refractivity contribution in [3.63, 3.8) is 0 Å². The van der Waals surface area contributed by atoms with Crippen molar-refractivity contribution in [3.05, 3.63) is 310 Å². The Morgan fingerprint density at radius 2 is 0.411 bits per heavy atom. The first-order valence-electron chi connectivity index (χ1n) is 42.2. The fourth-order valence-corrected chi connectivity index (χ4v) is 15.8. The number of benzene rings is 10. The summed E-state index contributed by atoms with van der Waals surface area (Å²) in [5.41, 5.74) is 4.49. The molecule has 0 radical (unpaired) electrons. The Kier molecular flexibility index (Phi) is 49.7. The lowest BCUT2D eigenvalue weighted by atomic mass is 10.0. The third-order valence-electron chi connectivity index (χ3n) is 20.6. The first kappa shape index (κ1) is 106. The van der Waals surface area contributed by atoms with Gasteiger partial charge in [0.25, 0.3) is 0 Å². The first-order valence-corrected chi connectivity index (χ1v) is 45.5. The molecule has 0 atom stereocenters. The quantitative estimate of drug-likeness (QED) is 0.0176. The van der Waals surface area contributed by atoms with E-state index in [9.17, 15) is 53.7 Å². The van der Waals surface area contributed by atoms with Crippen molar-refractivity contribution in [3.8, 4) is 0 Å². The van der Waals surface area contributed by atoms with E-state index in [2.05, 4.69) is 130 Å². The molecule has 10 aromatic carbocycles. The first-order chi connectivity index (χ1) is 59.3. The molecule has 124 heavy (non-hydrogen) atoms. The van der Waals surface area contributed by atoms with Gasteiger partial charge in [-0.15, -0.1) is 0 Å². The van der Waals surface area contributed by atoms with Crippen molar-refractivity contribution in [1.29, 1.82) is 0 Å². The SMILES string of the molecule is CCCCCCCCCCCCCCCC[N+](C)(C)C.CC[N+](CC)(CC)Cc1ccccc1.CC[N+](CC)(CC)Cc1ccccc1.O=C(O)c1ccc(Sc2ccc(C(=O)O)cc2)cc1.O=C(O)c1ccc(Sc2ccc(C(=O)O)cc2)cc1.O=C([O-])c1ccc(Sc2ccc(C(=O)O)cc2)cc1.O=C([O-])c1ccc(Sc2ccc(C(=O)[O-])cc2)cc1. The van der Waals surface area contributed by atoms with E-state index in [1.807, 2.05) is 0 Å². The van der Waals surface area contributed by atoms with Crippen LogP contribution in [-0.2, 0) is 13.1 Å². The summed E-state index contributed by atoms with van der Waals surface area (Å²) in [5, 5.41) is 75.7. The van der Waals surface area contributed by atoms with Crippen molar-refractivity contribution in [2.24, 2.45) is 0 Å². The van der Waals surface area contributed by atoms with Crippen LogP contribution in [0.5, 0.6) is 0 Å². The molecule has 0 bridgehead atoms. The number of hydrogen-bond acceptors (Lipinski definition) is 15. The molecule has 0 aliphatic carbocycles. The summed E-state index contributed by atoms with van der Waals surface area (Å²) in [6.45, 7) is 27.0. The molecule has 0 saturated carbocycles. The highest BCUT2D eigenvalue weighted by Gasteiger charge is 2.22. The van der Waals surface area contributed by atoms with Crippen molar-refractivity contribution < 1.29 is 92.7 Å². The smallest absolute Gasteiger partial charge is 0.335 e. The predicted molar refractivity (Wildman–Crippen MR) is 493 cm³/mol. The van der Waals surface area contributed by atoms with E-state index < -0.39 is 47.8 Å². The van der Waals surface area contributed by atoms with Crippen LogP contribution in [0.25, 0.3) is 0 Å². The number of carbonyl (C=O) groups is 8. The minimum absolute atomic E-state index is 0.122. The lowest BCUT2D eigenvalue weighted by molar-refractivity contribution is -0.936. The largest absolute Gasteiger partial charge is 0.545 e. The number of rotatable bonds is 41. The predicted octanol–water partition coefficient (Wildman–Crippen LogP) is 21.2. The van der Waals surface area contributed by atoms with Gasteiger partial charge in [-0.2, -0.15) is 0 Å². The molecule has 0 heterocycles. The minimum Gasteiger partial charge on any atom is -0.545 e. The second-order valence-corrected chi connectivity index (χ2v) is 35.1. The maximum absolute atomic E-state index is 10.7. The van der Waals surface area contributed by atoms with E-state index in [1.54, 1.807) is 97.1 Å². The van der Waals surface area contributed by atoms with Crippen LogP contribution in [0.15, 0.2) is 294 Å². The summed E-state index contributed by atoms with van der Waals surface area (Å²) in [5.74, 6) is -8.42. The number of unbranched alkanes of at least 4 members (excludes halogenated alkanes) is 13. The molecule has 662 valence electrons. The van der Waals surface area contributed by atoms with Gasteiger partial charge in [-0.05, 0) is 229 Å². The molecular weight excluding hydrogens is 1640 g/mol. The number of carboxylic acids is 8. The molecule has 19 nitrogen and oxygen atoms in total. The van der Waals surface area contributed by atoms with Gasteiger partial charge >= 0.3 is 29.8 Å². The van der Waals surface area contributed by atoms with Crippen LogP contribution in [0.4, 0.5) is 0 Å². The molecule has 23 heteroatoms. The van der Waals surface area contributed by atoms with Crippen LogP contribution in [-0.4, -0.2) is 154 Å². The highest BCUT2D eigenvalue weighted by Crippen LogP contribution is 2.32. The number of hydrogen-bond donors (Lipinski definition) is 5. The normalized spacial score (nSPS) is 10.8. The molecule has 0 fully saturated rings. The highest BCUT2D eigenvalue weighted by atomic mass is 32.2. The van der Waals surface area contributed by atoms with Gasteiger partial charge in [-0.3, -0.25) is 0 Å². The standard InChI is InChI=1S/C19H42N.4C14H10O4S.2C13H22N/c1-5-6-7-8-9-10-11-12-13-14-15-16-17-18-19-20(2,3)4;4*15-13(16)9-1-5-11(6-2-9)19-12-7-3-10(4-8-12)14(17)18;2*1-4-14(5-2,6-3)12-13-10-8-7-9-11-13/h5-19H2,1-4H3;4*1-8H,(H,15,16)(H,17,18);2*7-11H,4-6,12H2,1-3H3/q+1;;;;;2*+1/p-3. The molecule has 10 aromatic rings. The maximum atomic E-state index is 10.7. The van der Waals surface area contributed by atoms with E-state index in [0.717, 1.165) is 43.6 Å². The second-order valence-electron chi connectivity index (χ2n) is 30.5. The Hall–Kier alpha value is -10.8. The van der Waals surface area contributed by atoms with Gasteiger partial charge in [0.15, 0.2) is 0 Å². The van der Waals surface area contributed by atoms with Crippen LogP contribution in [0.3, 0.4) is 0 Å². The number of carboxylic acid groups (broad SMARTS) is 8. The van der Waals surface area contributed by atoms with Crippen molar-refractivity contribution >= 4 is 94.8 Å². The van der Waals surface area contributed by atoms with Crippen LogP contribution < -0.4 is 15.3 Å². The monoisotopic (exact) mass is 1760 g/mol. The molecule has 0 aliphatic heterocycles. The number of nitrogens with zero attached hydrogens (tertiary/aromatic N) is 3. The zero-order chi connectivity index (χ0) is 91.3. The molecule has 0 aromatic heterocycles. The third kappa shape index (κ3) is 42.6. The van der Waals surface area contributed by atoms with Crippen LogP contribution in [0.2, 0.25) is 0 Å². The lowest BCUT2D eigenvalue weighted by Gasteiger charge is -2.35.